The van der Waals surface area contributed by atoms with E-state index in [1.54, 1.807) is 0 Å². The topological polar surface area (TPSA) is 0 Å². The third-order valence-corrected chi connectivity index (χ3v) is 10.0. The first-order chi connectivity index (χ1) is 17.2. The molecule has 6 aromatic rings. The van der Waals surface area contributed by atoms with E-state index in [-0.39, 0.29) is 0 Å². The molecule has 178 valence electrons. The predicted octanol–water partition coefficient (Wildman–Crippen LogP) is 11.6. The highest BCUT2D eigenvalue weighted by Crippen LogP contribution is 2.46. The molecule has 2 aromatic heterocycles. The van der Waals surface area contributed by atoms with Gasteiger partial charge in [-0.05, 0) is 71.1 Å². The van der Waals surface area contributed by atoms with Gasteiger partial charge in [-0.3, -0.25) is 0 Å². The van der Waals surface area contributed by atoms with Crippen LogP contribution in [0, 0.1) is 6.92 Å². The van der Waals surface area contributed by atoms with Crippen LogP contribution in [0.1, 0.15) is 69.4 Å². The van der Waals surface area contributed by atoms with E-state index in [4.69, 9.17) is 0 Å². The van der Waals surface area contributed by atoms with Crippen molar-refractivity contribution < 1.29 is 0 Å². The molecule has 6 rings (SSSR count). The van der Waals surface area contributed by atoms with Crippen molar-refractivity contribution in [2.24, 2.45) is 0 Å². The lowest BCUT2D eigenvalue weighted by Gasteiger charge is -2.05. The molecule has 2 heterocycles. The molecule has 0 atom stereocenters. The first-order valence-corrected chi connectivity index (χ1v) is 15.0. The second-order valence-electron chi connectivity index (χ2n) is 10.3. The van der Waals surface area contributed by atoms with E-state index in [0.29, 0.717) is 0 Å². The zero-order valence-electron chi connectivity index (χ0n) is 21.0. The van der Waals surface area contributed by atoms with E-state index < -0.39 is 0 Å². The fourth-order valence-corrected chi connectivity index (χ4v) is 8.23. The van der Waals surface area contributed by atoms with Crippen molar-refractivity contribution in [3.8, 4) is 0 Å². The largest absolute Gasteiger partial charge is 0.134 e. The molecule has 0 radical (unpaired) electrons. The predicted molar refractivity (Wildman–Crippen MR) is 161 cm³/mol. The molecule has 0 amide bonds. The third kappa shape index (κ3) is 4.59. The molecule has 0 unspecified atom stereocenters. The number of hydrogen-bond donors (Lipinski definition) is 0. The Morgan fingerprint density at radius 1 is 0.543 bits per heavy atom. The summed E-state index contributed by atoms with van der Waals surface area (Å²) in [5.74, 6) is 0. The van der Waals surface area contributed by atoms with Crippen LogP contribution < -0.4 is 0 Å². The number of unbranched alkanes of at least 4 members (excludes halogenated alkanes) is 7. The number of aryl methyl sites for hydroxylation is 2. The van der Waals surface area contributed by atoms with Crippen molar-refractivity contribution in [1.82, 2.24) is 0 Å². The molecular weight excluding hydrogens is 460 g/mol. The summed E-state index contributed by atoms with van der Waals surface area (Å²) >= 11 is 3.94. The number of benzene rings is 4. The summed E-state index contributed by atoms with van der Waals surface area (Å²) in [7, 11) is 0. The first-order valence-electron chi connectivity index (χ1n) is 13.4. The maximum Gasteiger partial charge on any atom is 0.0542 e. The van der Waals surface area contributed by atoms with Crippen molar-refractivity contribution in [2.75, 3.05) is 0 Å². The average molecular weight is 495 g/mol. The third-order valence-electron chi connectivity index (χ3n) is 7.54. The van der Waals surface area contributed by atoms with Crippen LogP contribution in [0.2, 0.25) is 0 Å². The lowest BCUT2D eigenvalue weighted by atomic mass is 10.0. The maximum absolute atomic E-state index is 2.44. The van der Waals surface area contributed by atoms with Gasteiger partial charge in [0.2, 0.25) is 0 Å². The van der Waals surface area contributed by atoms with E-state index in [0.717, 1.165) is 0 Å². The molecule has 35 heavy (non-hydrogen) atoms. The Balaban J connectivity index is 1.26. The number of rotatable bonds is 9. The molecule has 0 N–H and O–H groups in total. The SMILES string of the molecule is CCCCCCCCCCc1ccc2cc3c(cc2c1)sc1c2cc4ccc(C)cc4cc2sc31. The highest BCUT2D eigenvalue weighted by atomic mass is 32.1. The molecule has 0 aliphatic rings. The lowest BCUT2D eigenvalue weighted by molar-refractivity contribution is 0.575. The molecule has 0 aliphatic carbocycles. The van der Waals surface area contributed by atoms with E-state index in [1.165, 1.54) is 120 Å². The first kappa shape index (κ1) is 23.0. The second-order valence-corrected chi connectivity index (χ2v) is 12.4. The summed E-state index contributed by atoms with van der Waals surface area (Å²) in [5.41, 5.74) is 2.82. The molecule has 0 saturated heterocycles. The molecule has 0 bridgehead atoms. The second kappa shape index (κ2) is 9.91. The summed E-state index contributed by atoms with van der Waals surface area (Å²) in [4.78, 5) is 0. The maximum atomic E-state index is 2.44. The van der Waals surface area contributed by atoms with E-state index in [1.807, 2.05) is 22.7 Å². The monoisotopic (exact) mass is 494 g/mol. The fraction of sp³-hybridized carbons (Fsp3) is 0.333. The van der Waals surface area contributed by atoms with Gasteiger partial charge in [0.05, 0.1) is 9.40 Å². The van der Waals surface area contributed by atoms with Gasteiger partial charge in [-0.2, -0.15) is 0 Å². The van der Waals surface area contributed by atoms with Gasteiger partial charge in [0.25, 0.3) is 0 Å². The van der Waals surface area contributed by atoms with Crippen LogP contribution in [0.3, 0.4) is 0 Å². The molecule has 4 aromatic carbocycles. The Hall–Kier alpha value is -2.42. The van der Waals surface area contributed by atoms with Crippen LogP contribution in [-0.2, 0) is 6.42 Å². The van der Waals surface area contributed by atoms with Gasteiger partial charge in [-0.1, -0.05) is 93.8 Å². The van der Waals surface area contributed by atoms with Crippen LogP contribution in [0.25, 0.3) is 51.1 Å². The van der Waals surface area contributed by atoms with E-state index >= 15 is 0 Å². The highest BCUT2D eigenvalue weighted by Gasteiger charge is 2.14. The Kier molecular flexibility index (Phi) is 6.52. The van der Waals surface area contributed by atoms with Gasteiger partial charge in [0.1, 0.15) is 0 Å². The minimum absolute atomic E-state index is 1.21. The molecule has 2 heteroatoms. The van der Waals surface area contributed by atoms with Crippen molar-refractivity contribution >= 4 is 73.8 Å². The zero-order valence-corrected chi connectivity index (χ0v) is 22.6. The number of fused-ring (bicyclic) bond motifs is 7. The van der Waals surface area contributed by atoms with Gasteiger partial charge in [-0.25, -0.2) is 0 Å². The highest BCUT2D eigenvalue weighted by molar-refractivity contribution is 7.36. The Morgan fingerprint density at radius 2 is 1.11 bits per heavy atom. The lowest BCUT2D eigenvalue weighted by Crippen LogP contribution is -1.87. The van der Waals surface area contributed by atoms with Gasteiger partial charge in [0.15, 0.2) is 0 Å². The molecule has 0 aliphatic heterocycles. The summed E-state index contributed by atoms with van der Waals surface area (Å²) in [5, 5.41) is 8.31. The summed E-state index contributed by atoms with van der Waals surface area (Å²) < 4.78 is 5.75. The Labute approximate surface area is 216 Å². The smallest absolute Gasteiger partial charge is 0.0542 e. The standard InChI is InChI=1S/C33H34S2/c1-3-4-5-6-7-8-9-10-11-23-13-15-25-19-29-31(21-27(25)17-23)35-32-28-18-24-14-12-22(2)16-26(24)20-30(28)34-33(29)32/h12-21H,3-11H2,1-2H3. The summed E-state index contributed by atoms with van der Waals surface area (Å²) in [6.45, 7) is 4.47. The molecule has 0 nitrogen and oxygen atoms in total. The van der Waals surface area contributed by atoms with Gasteiger partial charge in [0, 0.05) is 20.2 Å². The van der Waals surface area contributed by atoms with Crippen molar-refractivity contribution in [2.45, 2.75) is 71.6 Å². The minimum Gasteiger partial charge on any atom is -0.134 e. The van der Waals surface area contributed by atoms with Crippen molar-refractivity contribution in [3.05, 3.63) is 71.8 Å². The molecular formula is C33H34S2. The van der Waals surface area contributed by atoms with Crippen LogP contribution in [0.5, 0.6) is 0 Å². The number of thiophene rings is 2. The Morgan fingerprint density at radius 3 is 1.77 bits per heavy atom. The van der Waals surface area contributed by atoms with Gasteiger partial charge < -0.3 is 0 Å². The quantitative estimate of drug-likeness (QED) is 0.175. The van der Waals surface area contributed by atoms with Crippen LogP contribution in [0.15, 0.2) is 60.7 Å². The van der Waals surface area contributed by atoms with E-state index in [2.05, 4.69) is 74.5 Å². The zero-order chi connectivity index (χ0) is 23.8. The van der Waals surface area contributed by atoms with Crippen LogP contribution in [-0.4, -0.2) is 0 Å². The van der Waals surface area contributed by atoms with Crippen LogP contribution in [0.4, 0.5) is 0 Å². The normalized spacial score (nSPS) is 12.2. The van der Waals surface area contributed by atoms with Gasteiger partial charge in [-0.15, -0.1) is 22.7 Å². The molecule has 0 fully saturated rings. The Bertz CT molecular complexity index is 1650. The van der Waals surface area contributed by atoms with E-state index in [9.17, 15) is 0 Å². The number of hydrogen-bond acceptors (Lipinski definition) is 2. The fourth-order valence-electron chi connectivity index (χ4n) is 5.53. The molecule has 0 saturated carbocycles. The summed E-state index contributed by atoms with van der Waals surface area (Å²) in [6.07, 6.45) is 12.3. The van der Waals surface area contributed by atoms with Crippen molar-refractivity contribution in [3.63, 3.8) is 0 Å². The van der Waals surface area contributed by atoms with Crippen molar-refractivity contribution in [1.29, 1.82) is 0 Å². The van der Waals surface area contributed by atoms with Crippen LogP contribution >= 0.6 is 22.7 Å². The summed E-state index contributed by atoms with van der Waals surface area (Å²) in [6, 6.07) is 23.6. The van der Waals surface area contributed by atoms with Gasteiger partial charge >= 0.3 is 0 Å². The average Bonchev–Trinajstić information content (AvgIpc) is 3.38. The molecule has 0 spiro atoms. The minimum atomic E-state index is 1.21.